The minimum Gasteiger partial charge on any atom is -0.494 e. The predicted octanol–water partition coefficient (Wildman–Crippen LogP) is 6.02. The van der Waals surface area contributed by atoms with Crippen LogP contribution in [0.3, 0.4) is 0 Å². The fraction of sp³-hybridized carbons (Fsp3) is 0.208. The van der Waals surface area contributed by atoms with E-state index in [0.29, 0.717) is 22.6 Å². The van der Waals surface area contributed by atoms with E-state index in [-0.39, 0.29) is 17.7 Å². The van der Waals surface area contributed by atoms with Crippen LogP contribution in [0, 0.1) is 0 Å². The van der Waals surface area contributed by atoms with Crippen molar-refractivity contribution in [2.24, 2.45) is 0 Å². The van der Waals surface area contributed by atoms with E-state index >= 15 is 0 Å². The maximum absolute atomic E-state index is 12.6. The number of nitrogens with one attached hydrogen (secondary N) is 1. The molecule has 0 fully saturated rings. The molecule has 0 saturated heterocycles. The molecule has 2 aromatic heterocycles. The Morgan fingerprint density at radius 3 is 2.64 bits per heavy atom. The van der Waals surface area contributed by atoms with Crippen molar-refractivity contribution >= 4 is 40.6 Å². The molecule has 4 aromatic rings. The van der Waals surface area contributed by atoms with Crippen LogP contribution in [0.5, 0.6) is 5.75 Å². The van der Waals surface area contributed by atoms with Crippen LogP contribution in [0.2, 0.25) is 5.02 Å². The van der Waals surface area contributed by atoms with E-state index in [1.807, 2.05) is 84.5 Å². The number of halogens is 1. The Labute approximate surface area is 206 Å². The van der Waals surface area contributed by atoms with Crippen molar-refractivity contribution in [3.63, 3.8) is 0 Å². The first-order valence-corrected chi connectivity index (χ1v) is 12.7. The van der Waals surface area contributed by atoms with E-state index in [2.05, 4.69) is 15.5 Å². The summed E-state index contributed by atoms with van der Waals surface area (Å²) in [5.41, 5.74) is 1.62. The van der Waals surface area contributed by atoms with Gasteiger partial charge in [-0.25, -0.2) is 0 Å². The summed E-state index contributed by atoms with van der Waals surface area (Å²) < 4.78 is 7.48. The molecule has 1 amide bonds. The van der Waals surface area contributed by atoms with E-state index in [4.69, 9.17) is 16.3 Å². The van der Waals surface area contributed by atoms with E-state index in [1.165, 1.54) is 11.8 Å². The molecular weight excluding hydrogens is 476 g/mol. The zero-order valence-electron chi connectivity index (χ0n) is 18.2. The molecule has 0 aliphatic carbocycles. The molecule has 6 nitrogen and oxygen atoms in total. The fourth-order valence-electron chi connectivity index (χ4n) is 3.29. The van der Waals surface area contributed by atoms with E-state index in [9.17, 15) is 4.79 Å². The maximum atomic E-state index is 12.6. The Morgan fingerprint density at radius 1 is 1.15 bits per heavy atom. The smallest absolute Gasteiger partial charge is 0.230 e. The van der Waals surface area contributed by atoms with Gasteiger partial charge in [-0.05, 0) is 61.7 Å². The number of amides is 1. The van der Waals surface area contributed by atoms with E-state index < -0.39 is 0 Å². The van der Waals surface area contributed by atoms with Crippen LogP contribution >= 0.6 is 34.7 Å². The van der Waals surface area contributed by atoms with Crippen LogP contribution in [-0.4, -0.2) is 33.0 Å². The van der Waals surface area contributed by atoms with Crippen LogP contribution in [0.25, 0.3) is 17.1 Å². The zero-order chi connectivity index (χ0) is 23.2. The van der Waals surface area contributed by atoms with Gasteiger partial charge in [-0.1, -0.05) is 41.6 Å². The van der Waals surface area contributed by atoms with Gasteiger partial charge >= 0.3 is 0 Å². The molecule has 2 aromatic carbocycles. The monoisotopic (exact) mass is 498 g/mol. The third kappa shape index (κ3) is 5.58. The highest BCUT2D eigenvalue weighted by Gasteiger charge is 2.19. The minimum absolute atomic E-state index is 0.0410. The number of thioether (sulfide) groups is 1. The lowest BCUT2D eigenvalue weighted by Crippen LogP contribution is -2.27. The lowest BCUT2D eigenvalue weighted by atomic mass is 10.2. The van der Waals surface area contributed by atoms with Gasteiger partial charge in [-0.15, -0.1) is 21.5 Å². The summed E-state index contributed by atoms with van der Waals surface area (Å²) in [4.78, 5) is 13.7. The van der Waals surface area contributed by atoms with Crippen LogP contribution in [-0.2, 0) is 4.79 Å². The SMILES string of the molecule is CCOc1ccc(-n2c(SCC(=O)NC(C)c3cccs3)nnc2-c2ccccc2Cl)cc1. The maximum Gasteiger partial charge on any atom is 0.230 e. The largest absolute Gasteiger partial charge is 0.494 e. The van der Waals surface area contributed by atoms with Gasteiger partial charge in [0.25, 0.3) is 0 Å². The number of hydrogen-bond donors (Lipinski definition) is 1. The number of nitrogens with zero attached hydrogens (tertiary/aromatic N) is 3. The Morgan fingerprint density at radius 2 is 1.94 bits per heavy atom. The molecule has 0 bridgehead atoms. The van der Waals surface area contributed by atoms with Gasteiger partial charge in [0.1, 0.15) is 5.75 Å². The highest BCUT2D eigenvalue weighted by molar-refractivity contribution is 7.99. The van der Waals surface area contributed by atoms with Gasteiger partial charge in [0.05, 0.1) is 23.4 Å². The standard InChI is InChI=1S/C24H23ClN4O2S2/c1-3-31-18-12-10-17(11-13-18)29-23(19-7-4-5-8-20(19)25)27-28-24(29)33-15-22(30)26-16(2)21-9-6-14-32-21/h4-14,16H,3,15H2,1-2H3,(H,26,30). The van der Waals surface area contributed by atoms with Crippen molar-refractivity contribution in [2.75, 3.05) is 12.4 Å². The first kappa shape index (κ1) is 23.4. The van der Waals surface area contributed by atoms with Crippen LogP contribution in [0.15, 0.2) is 71.2 Å². The van der Waals surface area contributed by atoms with Crippen LogP contribution in [0.1, 0.15) is 24.8 Å². The molecule has 0 saturated carbocycles. The van der Waals surface area contributed by atoms with Crippen molar-refractivity contribution in [2.45, 2.75) is 25.0 Å². The highest BCUT2D eigenvalue weighted by atomic mass is 35.5. The van der Waals surface area contributed by atoms with E-state index in [1.54, 1.807) is 11.3 Å². The third-order valence-corrected chi connectivity index (χ3v) is 7.15. The van der Waals surface area contributed by atoms with Crippen LogP contribution < -0.4 is 10.1 Å². The lowest BCUT2D eigenvalue weighted by molar-refractivity contribution is -0.119. The van der Waals surface area contributed by atoms with Crippen molar-refractivity contribution < 1.29 is 9.53 Å². The van der Waals surface area contributed by atoms with Gasteiger partial charge < -0.3 is 10.1 Å². The quantitative estimate of drug-likeness (QED) is 0.286. The molecule has 1 unspecified atom stereocenters. The normalized spacial score (nSPS) is 11.8. The molecule has 0 radical (unpaired) electrons. The predicted molar refractivity (Wildman–Crippen MR) is 135 cm³/mol. The summed E-state index contributed by atoms with van der Waals surface area (Å²) in [5.74, 6) is 1.54. The van der Waals surface area contributed by atoms with Crippen molar-refractivity contribution in [1.82, 2.24) is 20.1 Å². The minimum atomic E-state index is -0.0681. The Bertz CT molecular complexity index is 1210. The number of carbonyl (C=O) groups is 1. The van der Waals surface area contributed by atoms with Gasteiger partial charge in [0, 0.05) is 16.1 Å². The topological polar surface area (TPSA) is 69.0 Å². The third-order valence-electron chi connectivity index (χ3n) is 4.83. The van der Waals surface area contributed by atoms with Crippen molar-refractivity contribution in [3.8, 4) is 22.8 Å². The summed E-state index contributed by atoms with van der Waals surface area (Å²) in [6.45, 7) is 4.52. The first-order valence-electron chi connectivity index (χ1n) is 10.5. The number of rotatable bonds is 9. The number of carbonyl (C=O) groups excluding carboxylic acids is 1. The zero-order valence-corrected chi connectivity index (χ0v) is 20.6. The summed E-state index contributed by atoms with van der Waals surface area (Å²) in [7, 11) is 0. The molecule has 33 heavy (non-hydrogen) atoms. The Balaban J connectivity index is 1.59. The number of benzene rings is 2. The van der Waals surface area contributed by atoms with Crippen molar-refractivity contribution in [3.05, 3.63) is 75.9 Å². The van der Waals surface area contributed by atoms with Gasteiger partial charge in [-0.2, -0.15) is 0 Å². The van der Waals surface area contributed by atoms with E-state index in [0.717, 1.165) is 21.9 Å². The lowest BCUT2D eigenvalue weighted by Gasteiger charge is -2.13. The van der Waals surface area contributed by atoms with Gasteiger partial charge in [-0.3, -0.25) is 9.36 Å². The molecule has 0 spiro atoms. The average molecular weight is 499 g/mol. The molecule has 9 heteroatoms. The van der Waals surface area contributed by atoms with Crippen molar-refractivity contribution in [1.29, 1.82) is 0 Å². The fourth-order valence-corrected chi connectivity index (χ4v) is 5.01. The van der Waals surface area contributed by atoms with Crippen LogP contribution in [0.4, 0.5) is 0 Å². The number of ether oxygens (including phenoxy) is 1. The molecular formula is C24H23ClN4O2S2. The highest BCUT2D eigenvalue weighted by Crippen LogP contribution is 2.32. The molecule has 2 heterocycles. The summed E-state index contributed by atoms with van der Waals surface area (Å²) in [5, 5.41) is 15.0. The second kappa shape index (κ2) is 10.9. The molecule has 0 aliphatic heterocycles. The summed E-state index contributed by atoms with van der Waals surface area (Å²) in [6, 6.07) is 19.1. The first-order chi connectivity index (χ1) is 16.1. The average Bonchev–Trinajstić information content (AvgIpc) is 3.49. The number of thiophene rings is 1. The molecule has 170 valence electrons. The molecule has 0 aliphatic rings. The summed E-state index contributed by atoms with van der Waals surface area (Å²) >= 11 is 9.41. The second-order valence-corrected chi connectivity index (χ2v) is 9.47. The molecule has 4 rings (SSSR count). The Kier molecular flexibility index (Phi) is 7.69. The number of aromatic nitrogens is 3. The molecule has 1 atom stereocenters. The van der Waals surface area contributed by atoms with Gasteiger partial charge in [0.2, 0.25) is 5.91 Å². The molecule has 1 N–H and O–H groups in total. The number of hydrogen-bond acceptors (Lipinski definition) is 6. The summed E-state index contributed by atoms with van der Waals surface area (Å²) in [6.07, 6.45) is 0. The second-order valence-electron chi connectivity index (χ2n) is 7.14. The van der Waals surface area contributed by atoms with Gasteiger partial charge in [0.15, 0.2) is 11.0 Å². The Hall–Kier alpha value is -2.81.